The second-order valence-electron chi connectivity index (χ2n) is 4.50. The fourth-order valence-electron chi connectivity index (χ4n) is 1.79. The lowest BCUT2D eigenvalue weighted by atomic mass is 10.4. The number of nitrogens with one attached hydrogen (secondary N) is 1. The maximum absolute atomic E-state index is 12.0. The third kappa shape index (κ3) is 2.68. The number of rotatable bonds is 5. The van der Waals surface area contributed by atoms with Crippen molar-refractivity contribution >= 4 is 10.0 Å². The quantitative estimate of drug-likeness (QED) is 0.731. The topological polar surface area (TPSA) is 80.4 Å². The molecule has 1 heterocycles. The molecule has 0 radical (unpaired) electrons. The van der Waals surface area contributed by atoms with E-state index in [0.29, 0.717) is 12.6 Å². The first-order chi connectivity index (χ1) is 7.94. The van der Waals surface area contributed by atoms with Gasteiger partial charge in [-0.15, -0.1) is 4.83 Å². The van der Waals surface area contributed by atoms with Crippen molar-refractivity contribution in [1.29, 1.82) is 0 Å². The van der Waals surface area contributed by atoms with E-state index in [9.17, 15) is 8.42 Å². The fourth-order valence-corrected chi connectivity index (χ4v) is 2.92. The summed E-state index contributed by atoms with van der Waals surface area (Å²) in [5.41, 5.74) is 6.49. The molecule has 0 unspecified atom stereocenters. The lowest BCUT2D eigenvalue weighted by molar-refractivity contribution is 0.364. The minimum Gasteiger partial charge on any atom is -0.346 e. The second kappa shape index (κ2) is 4.41. The van der Waals surface area contributed by atoms with Crippen LogP contribution in [0.25, 0.3) is 0 Å². The summed E-state index contributed by atoms with van der Waals surface area (Å²) >= 11 is 0. The van der Waals surface area contributed by atoms with Crippen LogP contribution in [-0.4, -0.2) is 32.1 Å². The van der Waals surface area contributed by atoms with Crippen LogP contribution in [0, 0.1) is 0 Å². The third-order valence-corrected chi connectivity index (χ3v) is 4.12. The molecule has 3 N–H and O–H groups in total. The molecule has 1 saturated carbocycles. The van der Waals surface area contributed by atoms with Crippen LogP contribution in [0.15, 0.2) is 17.2 Å². The van der Waals surface area contributed by atoms with Gasteiger partial charge in [0.25, 0.3) is 10.0 Å². The Hall–Kier alpha value is -0.890. The van der Waals surface area contributed by atoms with E-state index in [-0.39, 0.29) is 4.90 Å². The molecule has 7 heteroatoms. The van der Waals surface area contributed by atoms with Crippen molar-refractivity contribution in [2.24, 2.45) is 5.73 Å². The molecule has 0 atom stereocenters. The summed E-state index contributed by atoms with van der Waals surface area (Å²) in [4.78, 5) is 2.69. The molecule has 6 nitrogen and oxygen atoms in total. The Morgan fingerprint density at radius 2 is 2.18 bits per heavy atom. The molecule has 0 saturated heterocycles. The van der Waals surface area contributed by atoms with Gasteiger partial charge in [0.05, 0.1) is 0 Å². The maximum Gasteiger partial charge on any atom is 0.254 e. The van der Waals surface area contributed by atoms with Gasteiger partial charge in [-0.2, -0.15) is 0 Å². The van der Waals surface area contributed by atoms with Crippen LogP contribution < -0.4 is 10.6 Å². The molecule has 0 spiro atoms. The SMILES string of the molecule is CN(C)NS(=O)(=O)c1cc(CN)n(C2CC2)c1. The molecule has 1 fully saturated rings. The number of nitrogens with two attached hydrogens (primary N) is 1. The van der Waals surface area contributed by atoms with Gasteiger partial charge >= 0.3 is 0 Å². The molecule has 0 aliphatic heterocycles. The minimum absolute atomic E-state index is 0.276. The normalized spacial score (nSPS) is 16.7. The number of hydrazine groups is 1. The average Bonchev–Trinajstić information content (AvgIpc) is 2.95. The molecule has 1 aromatic rings. The summed E-state index contributed by atoms with van der Waals surface area (Å²) in [5.74, 6) is 0. The number of aromatic nitrogens is 1. The van der Waals surface area contributed by atoms with Crippen LogP contribution in [0.2, 0.25) is 0 Å². The van der Waals surface area contributed by atoms with E-state index in [1.54, 1.807) is 26.4 Å². The maximum atomic E-state index is 12.0. The van der Waals surface area contributed by atoms with E-state index in [1.807, 2.05) is 4.57 Å². The number of sulfonamides is 1. The van der Waals surface area contributed by atoms with Crippen LogP contribution in [0.4, 0.5) is 0 Å². The van der Waals surface area contributed by atoms with Crippen molar-refractivity contribution in [1.82, 2.24) is 14.4 Å². The highest BCUT2D eigenvalue weighted by atomic mass is 32.2. The number of hydrogen-bond acceptors (Lipinski definition) is 4. The predicted octanol–water partition coefficient (Wildman–Crippen LogP) is 0.0366. The van der Waals surface area contributed by atoms with Gasteiger partial charge in [-0.3, -0.25) is 0 Å². The summed E-state index contributed by atoms with van der Waals surface area (Å²) in [6.45, 7) is 0.355. The lowest BCUT2D eigenvalue weighted by Gasteiger charge is -2.10. The van der Waals surface area contributed by atoms with E-state index in [0.717, 1.165) is 18.5 Å². The average molecular weight is 258 g/mol. The highest BCUT2D eigenvalue weighted by Crippen LogP contribution is 2.37. The molecular weight excluding hydrogens is 240 g/mol. The van der Waals surface area contributed by atoms with E-state index in [4.69, 9.17) is 5.73 Å². The molecule has 17 heavy (non-hydrogen) atoms. The highest BCUT2D eigenvalue weighted by molar-refractivity contribution is 7.89. The van der Waals surface area contributed by atoms with Gasteiger partial charge in [0, 0.05) is 38.6 Å². The van der Waals surface area contributed by atoms with Gasteiger partial charge in [-0.1, -0.05) is 0 Å². The Kier molecular flexibility index (Phi) is 3.26. The molecule has 0 bridgehead atoms. The second-order valence-corrected chi connectivity index (χ2v) is 6.16. The summed E-state index contributed by atoms with van der Waals surface area (Å²) in [7, 11) is -0.201. The number of nitrogens with zero attached hydrogens (tertiary/aromatic N) is 2. The Balaban J connectivity index is 2.32. The smallest absolute Gasteiger partial charge is 0.254 e. The van der Waals surface area contributed by atoms with E-state index < -0.39 is 10.0 Å². The minimum atomic E-state index is -3.48. The van der Waals surface area contributed by atoms with E-state index in [2.05, 4.69) is 4.83 Å². The molecule has 96 valence electrons. The van der Waals surface area contributed by atoms with Crippen LogP contribution >= 0.6 is 0 Å². The van der Waals surface area contributed by atoms with E-state index >= 15 is 0 Å². The van der Waals surface area contributed by atoms with Crippen molar-refractivity contribution in [2.75, 3.05) is 14.1 Å². The van der Waals surface area contributed by atoms with Gasteiger partial charge in [0.2, 0.25) is 0 Å². The van der Waals surface area contributed by atoms with Gasteiger partial charge in [-0.25, -0.2) is 13.4 Å². The first kappa shape index (κ1) is 12.6. The Morgan fingerprint density at radius 3 is 2.65 bits per heavy atom. The van der Waals surface area contributed by atoms with Crippen molar-refractivity contribution in [3.05, 3.63) is 18.0 Å². The van der Waals surface area contributed by atoms with Crippen LogP contribution in [0.3, 0.4) is 0 Å². The summed E-state index contributed by atoms with van der Waals surface area (Å²) in [5, 5.41) is 1.41. The van der Waals surface area contributed by atoms with Crippen molar-refractivity contribution in [3.63, 3.8) is 0 Å². The van der Waals surface area contributed by atoms with Crippen LogP contribution in [0.1, 0.15) is 24.6 Å². The Labute approximate surface area is 101 Å². The zero-order valence-electron chi connectivity index (χ0n) is 10.0. The molecule has 1 aromatic heterocycles. The van der Waals surface area contributed by atoms with Gasteiger partial charge in [-0.05, 0) is 18.9 Å². The number of hydrogen-bond donors (Lipinski definition) is 2. The fraction of sp³-hybridized carbons (Fsp3) is 0.600. The van der Waals surface area contributed by atoms with Crippen molar-refractivity contribution in [2.45, 2.75) is 30.3 Å². The standard InChI is InChI=1S/C10H18N4O2S/c1-13(2)12-17(15,16)10-5-9(6-11)14(7-10)8-3-4-8/h5,7-8,12H,3-4,6,11H2,1-2H3. The van der Waals surface area contributed by atoms with Crippen molar-refractivity contribution < 1.29 is 8.42 Å². The van der Waals surface area contributed by atoms with E-state index in [1.165, 1.54) is 5.01 Å². The molecule has 2 rings (SSSR count). The summed E-state index contributed by atoms with van der Waals surface area (Å²) in [6, 6.07) is 2.07. The summed E-state index contributed by atoms with van der Waals surface area (Å²) < 4.78 is 25.9. The van der Waals surface area contributed by atoms with Gasteiger partial charge in [0.1, 0.15) is 4.90 Å². The van der Waals surface area contributed by atoms with Crippen molar-refractivity contribution in [3.8, 4) is 0 Å². The van der Waals surface area contributed by atoms with Gasteiger partial charge in [0.15, 0.2) is 0 Å². The zero-order chi connectivity index (χ0) is 12.6. The lowest BCUT2D eigenvalue weighted by Crippen LogP contribution is -2.35. The molecule has 1 aliphatic carbocycles. The molecule has 0 amide bonds. The predicted molar refractivity (Wildman–Crippen MR) is 64.6 cm³/mol. The molecule has 1 aliphatic rings. The first-order valence-electron chi connectivity index (χ1n) is 5.54. The summed E-state index contributed by atoms with van der Waals surface area (Å²) in [6.07, 6.45) is 3.87. The van der Waals surface area contributed by atoms with Crippen LogP contribution in [0.5, 0.6) is 0 Å². The van der Waals surface area contributed by atoms with Gasteiger partial charge < -0.3 is 10.3 Å². The first-order valence-corrected chi connectivity index (χ1v) is 7.03. The molecule has 0 aromatic carbocycles. The third-order valence-electron chi connectivity index (χ3n) is 2.67. The Morgan fingerprint density at radius 1 is 1.53 bits per heavy atom. The largest absolute Gasteiger partial charge is 0.346 e. The monoisotopic (exact) mass is 258 g/mol. The molecular formula is C10H18N4O2S. The van der Waals surface area contributed by atoms with Crippen LogP contribution in [-0.2, 0) is 16.6 Å². The highest BCUT2D eigenvalue weighted by Gasteiger charge is 2.27. The zero-order valence-corrected chi connectivity index (χ0v) is 10.9. The Bertz CT molecular complexity index is 502.